The normalized spacial score (nSPS) is 16.9. The number of ether oxygens (including phenoxy) is 2. The highest BCUT2D eigenvalue weighted by molar-refractivity contribution is 7.90. The zero-order valence-electron chi connectivity index (χ0n) is 13.1. The smallest absolute Gasteiger partial charge is 0.240 e. The molecule has 0 aromatic heterocycles. The Morgan fingerprint density at radius 3 is 2.50 bits per heavy atom. The first-order valence-electron chi connectivity index (χ1n) is 7.15. The van der Waals surface area contributed by atoms with E-state index in [0.29, 0.717) is 19.0 Å². The van der Waals surface area contributed by atoms with Gasteiger partial charge in [-0.15, -0.1) is 0 Å². The summed E-state index contributed by atoms with van der Waals surface area (Å²) in [6, 6.07) is 4.02. The third-order valence-electron chi connectivity index (χ3n) is 3.45. The van der Waals surface area contributed by atoms with Crippen molar-refractivity contribution in [3.63, 3.8) is 0 Å². The maximum atomic E-state index is 12.2. The second kappa shape index (κ2) is 7.98. The van der Waals surface area contributed by atoms with Crippen molar-refractivity contribution in [2.75, 3.05) is 45.7 Å². The van der Waals surface area contributed by atoms with Gasteiger partial charge in [0.1, 0.15) is 5.75 Å². The van der Waals surface area contributed by atoms with Crippen LogP contribution in [0.15, 0.2) is 23.1 Å². The van der Waals surface area contributed by atoms with Crippen LogP contribution in [0.3, 0.4) is 0 Å². The lowest BCUT2D eigenvalue weighted by Gasteiger charge is -2.26. The molecule has 2 rings (SSSR count). The molecule has 1 aliphatic rings. The summed E-state index contributed by atoms with van der Waals surface area (Å²) in [5.74, 6) is 0.0290. The van der Waals surface area contributed by atoms with Crippen molar-refractivity contribution in [1.82, 2.24) is 9.03 Å². The first-order valence-corrected chi connectivity index (χ1v) is 10.6. The molecule has 1 fully saturated rings. The van der Waals surface area contributed by atoms with E-state index in [4.69, 9.17) is 21.1 Å². The summed E-state index contributed by atoms with van der Waals surface area (Å²) in [6.45, 7) is 1.02. The maximum absolute atomic E-state index is 12.2. The topological polar surface area (TPSA) is 102 Å². The van der Waals surface area contributed by atoms with Gasteiger partial charge in [0.25, 0.3) is 0 Å². The zero-order valence-corrected chi connectivity index (χ0v) is 15.5. The summed E-state index contributed by atoms with van der Waals surface area (Å²) in [7, 11) is -5.96. The fourth-order valence-electron chi connectivity index (χ4n) is 2.16. The number of nitrogens with zero attached hydrogens (tertiary/aromatic N) is 1. The highest BCUT2D eigenvalue weighted by Crippen LogP contribution is 2.26. The van der Waals surface area contributed by atoms with Crippen molar-refractivity contribution < 1.29 is 26.3 Å². The molecular formula is C13H19ClN2O6S2. The molecule has 0 unspecified atom stereocenters. The van der Waals surface area contributed by atoms with E-state index in [0.717, 1.165) is 0 Å². The van der Waals surface area contributed by atoms with E-state index in [2.05, 4.69) is 4.72 Å². The van der Waals surface area contributed by atoms with Gasteiger partial charge in [-0.05, 0) is 18.2 Å². The minimum Gasteiger partial charge on any atom is -0.495 e. The quantitative estimate of drug-likeness (QED) is 0.708. The molecule has 11 heteroatoms. The first-order chi connectivity index (χ1) is 11.3. The number of morpholine rings is 1. The molecule has 0 amide bonds. The molecule has 24 heavy (non-hydrogen) atoms. The molecule has 8 nitrogen and oxygen atoms in total. The molecule has 0 bridgehead atoms. The molecule has 1 saturated heterocycles. The Kier molecular flexibility index (Phi) is 6.46. The van der Waals surface area contributed by atoms with E-state index >= 15 is 0 Å². The van der Waals surface area contributed by atoms with E-state index in [9.17, 15) is 16.8 Å². The Morgan fingerprint density at radius 1 is 1.25 bits per heavy atom. The van der Waals surface area contributed by atoms with Gasteiger partial charge in [-0.3, -0.25) is 0 Å². The van der Waals surface area contributed by atoms with Crippen molar-refractivity contribution in [1.29, 1.82) is 0 Å². The fraction of sp³-hybridized carbons (Fsp3) is 0.538. The van der Waals surface area contributed by atoms with E-state index in [1.807, 2.05) is 0 Å². The lowest BCUT2D eigenvalue weighted by Crippen LogP contribution is -2.43. The second-order valence-electron chi connectivity index (χ2n) is 5.02. The highest BCUT2D eigenvalue weighted by atomic mass is 35.5. The Morgan fingerprint density at radius 2 is 1.92 bits per heavy atom. The summed E-state index contributed by atoms with van der Waals surface area (Å²) >= 11 is 5.91. The Hall–Kier alpha value is -0.910. The van der Waals surface area contributed by atoms with Crippen LogP contribution in [0.5, 0.6) is 5.75 Å². The van der Waals surface area contributed by atoms with Gasteiger partial charge >= 0.3 is 0 Å². The number of nitrogens with one attached hydrogen (secondary N) is 1. The summed E-state index contributed by atoms with van der Waals surface area (Å²) < 4.78 is 62.3. The van der Waals surface area contributed by atoms with Crippen LogP contribution in [0.1, 0.15) is 0 Å². The number of benzene rings is 1. The molecule has 0 saturated carbocycles. The third kappa shape index (κ3) is 4.80. The SMILES string of the molecule is COc1ccc(S(=O)(=O)NCCS(=O)(=O)N2CCOCC2)cc1Cl. The number of rotatable bonds is 7. The van der Waals surface area contributed by atoms with Crippen LogP contribution in [0.4, 0.5) is 0 Å². The predicted octanol–water partition coefficient (Wildman–Crippen LogP) is 0.289. The van der Waals surface area contributed by atoms with Gasteiger partial charge in [0.05, 0.1) is 36.0 Å². The van der Waals surface area contributed by atoms with Crippen molar-refractivity contribution in [2.45, 2.75) is 4.90 Å². The molecule has 1 aliphatic heterocycles. The molecule has 0 aliphatic carbocycles. The van der Waals surface area contributed by atoms with Crippen LogP contribution in [0, 0.1) is 0 Å². The van der Waals surface area contributed by atoms with Gasteiger partial charge in [-0.2, -0.15) is 4.31 Å². The van der Waals surface area contributed by atoms with E-state index in [-0.39, 0.29) is 35.3 Å². The predicted molar refractivity (Wildman–Crippen MR) is 89.4 cm³/mol. The maximum Gasteiger partial charge on any atom is 0.240 e. The summed E-state index contributed by atoms with van der Waals surface area (Å²) in [5, 5.41) is 0.154. The monoisotopic (exact) mass is 398 g/mol. The fourth-order valence-corrected chi connectivity index (χ4v) is 4.99. The lowest BCUT2D eigenvalue weighted by atomic mass is 10.3. The van der Waals surface area contributed by atoms with Gasteiger partial charge in [0.2, 0.25) is 20.0 Å². The largest absolute Gasteiger partial charge is 0.495 e. The lowest BCUT2D eigenvalue weighted by molar-refractivity contribution is 0.0730. The average Bonchev–Trinajstić information content (AvgIpc) is 2.55. The Labute approximate surface area is 146 Å². The average molecular weight is 399 g/mol. The van der Waals surface area contributed by atoms with Crippen LogP contribution in [-0.4, -0.2) is 66.9 Å². The van der Waals surface area contributed by atoms with Gasteiger partial charge in [-0.1, -0.05) is 11.6 Å². The van der Waals surface area contributed by atoms with E-state index < -0.39 is 20.0 Å². The number of halogens is 1. The molecule has 1 heterocycles. The Bertz CT molecular complexity index is 776. The molecule has 0 atom stereocenters. The van der Waals surface area contributed by atoms with Gasteiger partial charge in [-0.25, -0.2) is 21.6 Å². The number of sulfonamides is 2. The number of methoxy groups -OCH3 is 1. The van der Waals surface area contributed by atoms with Crippen LogP contribution in [-0.2, 0) is 24.8 Å². The van der Waals surface area contributed by atoms with Gasteiger partial charge in [0.15, 0.2) is 0 Å². The van der Waals surface area contributed by atoms with Crippen LogP contribution in [0.25, 0.3) is 0 Å². The minimum atomic E-state index is -3.86. The molecule has 0 spiro atoms. The second-order valence-corrected chi connectivity index (χ2v) is 9.28. The standard InChI is InChI=1S/C13H19ClN2O6S2/c1-21-13-3-2-11(10-12(13)14)24(19,20)15-4-9-23(17,18)16-5-7-22-8-6-16/h2-3,10,15H,4-9H2,1H3. The highest BCUT2D eigenvalue weighted by Gasteiger charge is 2.25. The van der Waals surface area contributed by atoms with Crippen LogP contribution < -0.4 is 9.46 Å². The Balaban J connectivity index is 1.98. The van der Waals surface area contributed by atoms with Crippen LogP contribution in [0.2, 0.25) is 5.02 Å². The number of hydrogen-bond acceptors (Lipinski definition) is 6. The van der Waals surface area contributed by atoms with Crippen molar-refractivity contribution >= 4 is 31.6 Å². The van der Waals surface area contributed by atoms with Crippen molar-refractivity contribution in [3.8, 4) is 5.75 Å². The van der Waals surface area contributed by atoms with Crippen LogP contribution >= 0.6 is 11.6 Å². The van der Waals surface area contributed by atoms with Gasteiger partial charge in [0, 0.05) is 19.6 Å². The zero-order chi connectivity index (χ0) is 17.8. The van der Waals surface area contributed by atoms with E-state index in [1.54, 1.807) is 0 Å². The first kappa shape index (κ1) is 19.4. The number of hydrogen-bond donors (Lipinski definition) is 1. The molecule has 1 N–H and O–H groups in total. The summed E-state index contributed by atoms with van der Waals surface area (Å²) in [5.41, 5.74) is 0. The molecule has 1 aromatic rings. The molecule has 1 aromatic carbocycles. The third-order valence-corrected chi connectivity index (χ3v) is 7.08. The summed E-state index contributed by atoms with van der Waals surface area (Å²) in [4.78, 5) is -0.0583. The van der Waals surface area contributed by atoms with Crippen molar-refractivity contribution in [2.24, 2.45) is 0 Å². The molecule has 136 valence electrons. The van der Waals surface area contributed by atoms with Crippen molar-refractivity contribution in [3.05, 3.63) is 23.2 Å². The minimum absolute atomic E-state index is 0.0583. The van der Waals surface area contributed by atoms with E-state index in [1.165, 1.54) is 29.6 Å². The molecular weight excluding hydrogens is 380 g/mol. The summed E-state index contributed by atoms with van der Waals surface area (Å²) in [6.07, 6.45) is 0. The van der Waals surface area contributed by atoms with Gasteiger partial charge < -0.3 is 9.47 Å². The molecule has 0 radical (unpaired) electrons.